The molecule has 2 N–H and O–H groups in total. The standard InChI is InChI=1S/C15H13N3O2S/c1-20-11-8-6-10(7-9-11)16-15-18-17-14(21-15)12-4-2-3-5-13(12)19/h2-9,19H,1H3,(H,16,18). The van der Waals surface area contributed by atoms with Gasteiger partial charge < -0.3 is 15.2 Å². The van der Waals surface area contributed by atoms with Gasteiger partial charge in [-0.1, -0.05) is 23.5 Å². The minimum atomic E-state index is 0.199. The van der Waals surface area contributed by atoms with E-state index < -0.39 is 0 Å². The van der Waals surface area contributed by atoms with E-state index in [1.54, 1.807) is 19.2 Å². The van der Waals surface area contributed by atoms with E-state index in [0.717, 1.165) is 11.4 Å². The fourth-order valence-electron chi connectivity index (χ4n) is 1.83. The van der Waals surface area contributed by atoms with Gasteiger partial charge in [0.15, 0.2) is 5.01 Å². The quantitative estimate of drug-likeness (QED) is 0.769. The highest BCUT2D eigenvalue weighted by atomic mass is 32.1. The molecule has 0 unspecified atom stereocenters. The normalized spacial score (nSPS) is 10.3. The fraction of sp³-hybridized carbons (Fsp3) is 0.0667. The molecule has 21 heavy (non-hydrogen) atoms. The molecule has 0 aliphatic carbocycles. The van der Waals surface area contributed by atoms with Crippen LogP contribution in [0.15, 0.2) is 48.5 Å². The summed E-state index contributed by atoms with van der Waals surface area (Å²) in [6.07, 6.45) is 0. The maximum atomic E-state index is 9.83. The predicted molar refractivity (Wildman–Crippen MR) is 83.3 cm³/mol. The number of nitrogens with one attached hydrogen (secondary N) is 1. The van der Waals surface area contributed by atoms with E-state index >= 15 is 0 Å². The molecule has 0 fully saturated rings. The summed E-state index contributed by atoms with van der Waals surface area (Å²) >= 11 is 1.38. The van der Waals surface area contributed by atoms with Gasteiger partial charge in [-0.3, -0.25) is 0 Å². The van der Waals surface area contributed by atoms with Crippen LogP contribution in [0.25, 0.3) is 10.6 Å². The Morgan fingerprint density at radius 3 is 2.52 bits per heavy atom. The van der Waals surface area contributed by atoms with Gasteiger partial charge in [0.1, 0.15) is 11.5 Å². The summed E-state index contributed by atoms with van der Waals surface area (Å²) < 4.78 is 5.11. The van der Waals surface area contributed by atoms with Crippen LogP contribution in [0.3, 0.4) is 0 Å². The van der Waals surface area contributed by atoms with Crippen molar-refractivity contribution in [1.82, 2.24) is 10.2 Å². The number of anilines is 2. The highest BCUT2D eigenvalue weighted by Crippen LogP contribution is 2.33. The summed E-state index contributed by atoms with van der Waals surface area (Å²) in [5, 5.41) is 22.5. The molecule has 1 heterocycles. The molecule has 0 saturated heterocycles. The lowest BCUT2D eigenvalue weighted by molar-refractivity contribution is 0.415. The van der Waals surface area contributed by atoms with Crippen LogP contribution < -0.4 is 10.1 Å². The molecule has 3 aromatic rings. The van der Waals surface area contributed by atoms with Crippen molar-refractivity contribution < 1.29 is 9.84 Å². The molecule has 0 saturated carbocycles. The van der Waals surface area contributed by atoms with Gasteiger partial charge in [-0.05, 0) is 36.4 Å². The zero-order valence-electron chi connectivity index (χ0n) is 11.3. The minimum Gasteiger partial charge on any atom is -0.507 e. The number of aromatic nitrogens is 2. The number of methoxy groups -OCH3 is 1. The van der Waals surface area contributed by atoms with Gasteiger partial charge in [-0.2, -0.15) is 0 Å². The summed E-state index contributed by atoms with van der Waals surface area (Å²) in [7, 11) is 1.63. The first-order valence-electron chi connectivity index (χ1n) is 6.29. The molecule has 0 bridgehead atoms. The van der Waals surface area contributed by atoms with Crippen LogP contribution in [0.4, 0.5) is 10.8 Å². The molecular formula is C15H13N3O2S. The van der Waals surface area contributed by atoms with E-state index in [0.29, 0.717) is 15.7 Å². The van der Waals surface area contributed by atoms with Crippen molar-refractivity contribution in [3.63, 3.8) is 0 Å². The molecule has 106 valence electrons. The first kappa shape index (κ1) is 13.4. The molecule has 0 amide bonds. The Morgan fingerprint density at radius 2 is 1.81 bits per heavy atom. The first-order chi connectivity index (χ1) is 10.3. The van der Waals surface area contributed by atoms with E-state index in [9.17, 15) is 5.11 Å². The van der Waals surface area contributed by atoms with Gasteiger partial charge in [-0.15, -0.1) is 10.2 Å². The van der Waals surface area contributed by atoms with Crippen molar-refractivity contribution in [2.24, 2.45) is 0 Å². The topological polar surface area (TPSA) is 67.3 Å². The monoisotopic (exact) mass is 299 g/mol. The van der Waals surface area contributed by atoms with Gasteiger partial charge in [0.2, 0.25) is 5.13 Å². The molecule has 3 rings (SSSR count). The number of aromatic hydroxyl groups is 1. The third-order valence-electron chi connectivity index (χ3n) is 2.90. The Bertz CT molecular complexity index is 741. The van der Waals surface area contributed by atoms with Crippen LogP contribution in [0.1, 0.15) is 0 Å². The second-order valence-corrected chi connectivity index (χ2v) is 5.26. The number of benzene rings is 2. The number of ether oxygens (including phenoxy) is 1. The molecular weight excluding hydrogens is 286 g/mol. The number of phenolic OH excluding ortho intramolecular Hbond substituents is 1. The van der Waals surface area contributed by atoms with Crippen LogP contribution in [-0.2, 0) is 0 Å². The van der Waals surface area contributed by atoms with E-state index in [1.807, 2.05) is 36.4 Å². The van der Waals surface area contributed by atoms with Crippen molar-refractivity contribution >= 4 is 22.2 Å². The zero-order valence-corrected chi connectivity index (χ0v) is 12.1. The van der Waals surface area contributed by atoms with E-state index in [-0.39, 0.29) is 5.75 Å². The van der Waals surface area contributed by atoms with Crippen LogP contribution in [0.5, 0.6) is 11.5 Å². The highest BCUT2D eigenvalue weighted by Gasteiger charge is 2.10. The van der Waals surface area contributed by atoms with Crippen molar-refractivity contribution in [1.29, 1.82) is 0 Å². The van der Waals surface area contributed by atoms with Crippen molar-refractivity contribution in [2.75, 3.05) is 12.4 Å². The third kappa shape index (κ3) is 2.95. The molecule has 0 spiro atoms. The average molecular weight is 299 g/mol. The number of phenols is 1. The number of nitrogens with zero attached hydrogens (tertiary/aromatic N) is 2. The van der Waals surface area contributed by atoms with Gasteiger partial charge in [0.05, 0.1) is 12.7 Å². The Kier molecular flexibility index (Phi) is 3.70. The van der Waals surface area contributed by atoms with Crippen LogP contribution in [0.2, 0.25) is 0 Å². The number of hydrogen-bond donors (Lipinski definition) is 2. The molecule has 5 nitrogen and oxygen atoms in total. The maximum Gasteiger partial charge on any atom is 0.210 e. The smallest absolute Gasteiger partial charge is 0.210 e. The number of hydrogen-bond acceptors (Lipinski definition) is 6. The van der Waals surface area contributed by atoms with Gasteiger partial charge in [0.25, 0.3) is 0 Å². The lowest BCUT2D eigenvalue weighted by Gasteiger charge is -2.03. The summed E-state index contributed by atoms with van der Waals surface area (Å²) in [6, 6.07) is 14.6. The van der Waals surface area contributed by atoms with E-state index in [1.165, 1.54) is 11.3 Å². The van der Waals surface area contributed by atoms with Gasteiger partial charge >= 0.3 is 0 Å². The molecule has 0 radical (unpaired) electrons. The molecule has 0 aliphatic rings. The summed E-state index contributed by atoms with van der Waals surface area (Å²) in [5.74, 6) is 0.998. The summed E-state index contributed by atoms with van der Waals surface area (Å²) in [5.41, 5.74) is 1.58. The van der Waals surface area contributed by atoms with Crippen molar-refractivity contribution in [3.8, 4) is 22.1 Å². The zero-order chi connectivity index (χ0) is 14.7. The van der Waals surface area contributed by atoms with E-state index in [2.05, 4.69) is 15.5 Å². The Hall–Kier alpha value is -2.60. The molecule has 0 aliphatic heterocycles. The van der Waals surface area contributed by atoms with Crippen LogP contribution >= 0.6 is 11.3 Å². The highest BCUT2D eigenvalue weighted by molar-refractivity contribution is 7.18. The number of para-hydroxylation sites is 1. The largest absolute Gasteiger partial charge is 0.507 e. The van der Waals surface area contributed by atoms with Crippen LogP contribution in [-0.4, -0.2) is 22.4 Å². The molecule has 0 atom stereocenters. The SMILES string of the molecule is COc1ccc(Nc2nnc(-c3ccccc3O)s2)cc1. The minimum absolute atomic E-state index is 0.199. The summed E-state index contributed by atoms with van der Waals surface area (Å²) in [6.45, 7) is 0. The maximum absolute atomic E-state index is 9.83. The second-order valence-electron chi connectivity index (χ2n) is 4.28. The average Bonchev–Trinajstić information content (AvgIpc) is 2.97. The Labute approximate surface area is 125 Å². The second kappa shape index (κ2) is 5.80. The Morgan fingerprint density at radius 1 is 1.05 bits per heavy atom. The lowest BCUT2D eigenvalue weighted by Crippen LogP contribution is -1.89. The summed E-state index contributed by atoms with van der Waals surface area (Å²) in [4.78, 5) is 0. The van der Waals surface area contributed by atoms with Crippen LogP contribution in [0, 0.1) is 0 Å². The predicted octanol–water partition coefficient (Wildman–Crippen LogP) is 3.66. The first-order valence-corrected chi connectivity index (χ1v) is 7.11. The van der Waals surface area contributed by atoms with Gasteiger partial charge in [-0.25, -0.2) is 0 Å². The Balaban J connectivity index is 1.80. The number of rotatable bonds is 4. The third-order valence-corrected chi connectivity index (χ3v) is 3.77. The van der Waals surface area contributed by atoms with Crippen molar-refractivity contribution in [3.05, 3.63) is 48.5 Å². The van der Waals surface area contributed by atoms with E-state index in [4.69, 9.17) is 4.74 Å². The fourth-order valence-corrected chi connectivity index (χ4v) is 2.63. The van der Waals surface area contributed by atoms with Gasteiger partial charge in [0, 0.05) is 5.69 Å². The molecule has 6 heteroatoms. The molecule has 1 aromatic heterocycles. The lowest BCUT2D eigenvalue weighted by atomic mass is 10.2. The van der Waals surface area contributed by atoms with Crippen molar-refractivity contribution in [2.45, 2.75) is 0 Å². The molecule has 2 aromatic carbocycles.